The fraction of sp³-hybridized carbons (Fsp3) is 0.174. The van der Waals surface area contributed by atoms with E-state index < -0.39 is 0 Å². The van der Waals surface area contributed by atoms with Crippen molar-refractivity contribution in [3.63, 3.8) is 0 Å². The standard InChI is InChI=1S/C23H22N2.ClH/c1-16-8-7-9-19(14-16)15-25-18(3)17(2)21-12-13-24-22(23(21)25)20-10-5-4-6-11-20;/h4-14H,15H2,1-3H3;1H. The van der Waals surface area contributed by atoms with Crippen LogP contribution in [-0.2, 0) is 6.54 Å². The number of aryl methyl sites for hydroxylation is 2. The van der Waals surface area contributed by atoms with Crippen LogP contribution in [0.3, 0.4) is 0 Å². The topological polar surface area (TPSA) is 17.8 Å². The number of rotatable bonds is 3. The molecule has 0 saturated heterocycles. The van der Waals surface area contributed by atoms with Crippen LogP contribution in [0.5, 0.6) is 0 Å². The summed E-state index contributed by atoms with van der Waals surface area (Å²) in [7, 11) is 0. The van der Waals surface area contributed by atoms with E-state index in [0.717, 1.165) is 17.8 Å². The van der Waals surface area contributed by atoms with Crippen LogP contribution < -0.4 is 0 Å². The largest absolute Gasteiger partial charge is 0.338 e. The average Bonchev–Trinajstić information content (AvgIpc) is 2.88. The zero-order valence-corrected chi connectivity index (χ0v) is 16.2. The molecule has 2 aromatic heterocycles. The van der Waals surface area contributed by atoms with Crippen molar-refractivity contribution in [1.29, 1.82) is 0 Å². The lowest BCUT2D eigenvalue weighted by molar-refractivity contribution is 0.799. The molecule has 4 aromatic rings. The number of halogens is 1. The molecule has 0 spiro atoms. The van der Waals surface area contributed by atoms with Crippen LogP contribution in [0.15, 0.2) is 66.9 Å². The van der Waals surface area contributed by atoms with Crippen LogP contribution in [0.25, 0.3) is 22.2 Å². The van der Waals surface area contributed by atoms with E-state index in [1.165, 1.54) is 33.3 Å². The lowest BCUT2D eigenvalue weighted by Crippen LogP contribution is -2.03. The second-order valence-corrected chi connectivity index (χ2v) is 6.71. The zero-order valence-electron chi connectivity index (χ0n) is 15.4. The Hall–Kier alpha value is -2.58. The Bertz CT molecular complexity index is 1050. The third-order valence-corrected chi connectivity index (χ3v) is 5.02. The maximum Gasteiger partial charge on any atom is 0.0945 e. The summed E-state index contributed by atoms with van der Waals surface area (Å²) in [5, 5.41) is 1.29. The van der Waals surface area contributed by atoms with E-state index >= 15 is 0 Å². The molecule has 0 N–H and O–H groups in total. The van der Waals surface area contributed by atoms with Gasteiger partial charge in [0.05, 0.1) is 11.2 Å². The Morgan fingerprint density at radius 3 is 2.38 bits per heavy atom. The third-order valence-electron chi connectivity index (χ3n) is 5.02. The molecule has 0 amide bonds. The van der Waals surface area contributed by atoms with Crippen LogP contribution >= 0.6 is 12.4 Å². The summed E-state index contributed by atoms with van der Waals surface area (Å²) in [5.74, 6) is 0. The van der Waals surface area contributed by atoms with Gasteiger partial charge in [0.15, 0.2) is 0 Å². The van der Waals surface area contributed by atoms with Crippen molar-refractivity contribution in [2.45, 2.75) is 27.3 Å². The summed E-state index contributed by atoms with van der Waals surface area (Å²) in [6, 6.07) is 21.3. The Labute approximate surface area is 160 Å². The fourth-order valence-corrected chi connectivity index (χ4v) is 3.59. The summed E-state index contributed by atoms with van der Waals surface area (Å²) in [6.45, 7) is 7.43. The molecule has 0 aliphatic carbocycles. The number of benzene rings is 2. The zero-order chi connectivity index (χ0) is 17.4. The smallest absolute Gasteiger partial charge is 0.0945 e. The average molecular weight is 363 g/mol. The van der Waals surface area contributed by atoms with E-state index in [-0.39, 0.29) is 12.4 Å². The minimum Gasteiger partial charge on any atom is -0.338 e. The first-order chi connectivity index (χ1) is 12.1. The maximum atomic E-state index is 4.73. The first-order valence-electron chi connectivity index (χ1n) is 8.70. The van der Waals surface area contributed by atoms with Crippen molar-refractivity contribution in [3.8, 4) is 11.3 Å². The van der Waals surface area contributed by atoms with Gasteiger partial charge in [0.1, 0.15) is 0 Å². The molecule has 0 unspecified atom stereocenters. The monoisotopic (exact) mass is 362 g/mol. The quantitative estimate of drug-likeness (QED) is 0.430. The Morgan fingerprint density at radius 1 is 0.885 bits per heavy atom. The van der Waals surface area contributed by atoms with Crippen molar-refractivity contribution in [2.24, 2.45) is 0 Å². The van der Waals surface area contributed by atoms with Crippen molar-refractivity contribution < 1.29 is 0 Å². The Morgan fingerprint density at radius 2 is 1.65 bits per heavy atom. The lowest BCUT2D eigenvalue weighted by atomic mass is 10.1. The number of hydrogen-bond acceptors (Lipinski definition) is 1. The van der Waals surface area contributed by atoms with E-state index in [0.29, 0.717) is 0 Å². The highest BCUT2D eigenvalue weighted by molar-refractivity contribution is 5.95. The van der Waals surface area contributed by atoms with Gasteiger partial charge in [-0.3, -0.25) is 4.98 Å². The van der Waals surface area contributed by atoms with Gasteiger partial charge in [-0.1, -0.05) is 60.2 Å². The lowest BCUT2D eigenvalue weighted by Gasteiger charge is -2.12. The van der Waals surface area contributed by atoms with Crippen LogP contribution in [0.4, 0.5) is 0 Å². The number of aromatic nitrogens is 2. The van der Waals surface area contributed by atoms with Crippen LogP contribution in [0.1, 0.15) is 22.4 Å². The molecule has 2 nitrogen and oxygen atoms in total. The molecule has 26 heavy (non-hydrogen) atoms. The Balaban J connectivity index is 0.00000196. The minimum absolute atomic E-state index is 0. The van der Waals surface area contributed by atoms with Gasteiger partial charge >= 0.3 is 0 Å². The van der Waals surface area contributed by atoms with E-state index in [1.54, 1.807) is 0 Å². The van der Waals surface area contributed by atoms with Crippen molar-refractivity contribution in [1.82, 2.24) is 9.55 Å². The van der Waals surface area contributed by atoms with Gasteiger partial charge in [-0.15, -0.1) is 12.4 Å². The number of nitrogens with zero attached hydrogens (tertiary/aromatic N) is 2. The van der Waals surface area contributed by atoms with Gasteiger partial charge in [-0.05, 0) is 38.0 Å². The molecule has 3 heteroatoms. The molecular formula is C23H23ClN2. The second-order valence-electron chi connectivity index (χ2n) is 6.71. The van der Waals surface area contributed by atoms with Crippen molar-refractivity contribution >= 4 is 23.3 Å². The molecule has 0 aliphatic heterocycles. The van der Waals surface area contributed by atoms with E-state index in [4.69, 9.17) is 4.98 Å². The molecule has 0 bridgehead atoms. The normalized spacial score (nSPS) is 10.7. The van der Waals surface area contributed by atoms with Gasteiger partial charge in [0.25, 0.3) is 0 Å². The molecule has 0 aliphatic rings. The van der Waals surface area contributed by atoms with Crippen molar-refractivity contribution in [3.05, 3.63) is 89.2 Å². The summed E-state index contributed by atoms with van der Waals surface area (Å²) in [5.41, 5.74) is 8.71. The summed E-state index contributed by atoms with van der Waals surface area (Å²) in [4.78, 5) is 4.73. The highest BCUT2D eigenvalue weighted by Gasteiger charge is 2.16. The van der Waals surface area contributed by atoms with Gasteiger partial charge in [-0.25, -0.2) is 0 Å². The Kier molecular flexibility index (Phi) is 5.15. The highest BCUT2D eigenvalue weighted by atomic mass is 35.5. The summed E-state index contributed by atoms with van der Waals surface area (Å²) in [6.07, 6.45) is 1.92. The van der Waals surface area contributed by atoms with E-state index in [2.05, 4.69) is 79.9 Å². The molecule has 2 aromatic carbocycles. The summed E-state index contributed by atoms with van der Waals surface area (Å²) >= 11 is 0. The number of fused-ring (bicyclic) bond motifs is 1. The fourth-order valence-electron chi connectivity index (χ4n) is 3.59. The van der Waals surface area contributed by atoms with Gasteiger partial charge in [-0.2, -0.15) is 0 Å². The molecule has 0 saturated carbocycles. The predicted octanol–water partition coefficient (Wildman–Crippen LogP) is 6.10. The highest BCUT2D eigenvalue weighted by Crippen LogP contribution is 2.32. The van der Waals surface area contributed by atoms with Crippen LogP contribution in [-0.4, -0.2) is 9.55 Å². The van der Waals surface area contributed by atoms with Crippen molar-refractivity contribution in [2.75, 3.05) is 0 Å². The minimum atomic E-state index is 0. The van der Waals surface area contributed by atoms with Gasteiger partial charge < -0.3 is 4.57 Å². The second kappa shape index (κ2) is 7.35. The van der Waals surface area contributed by atoms with Gasteiger partial charge in [0.2, 0.25) is 0 Å². The molecule has 0 fully saturated rings. The summed E-state index contributed by atoms with van der Waals surface area (Å²) < 4.78 is 2.41. The number of pyridine rings is 1. The molecular weight excluding hydrogens is 340 g/mol. The van der Waals surface area contributed by atoms with Gasteiger partial charge in [0, 0.05) is 29.4 Å². The first kappa shape index (κ1) is 18.2. The van der Waals surface area contributed by atoms with Crippen LogP contribution in [0.2, 0.25) is 0 Å². The molecule has 4 rings (SSSR count). The van der Waals surface area contributed by atoms with E-state index in [1.807, 2.05) is 12.3 Å². The molecule has 0 radical (unpaired) electrons. The number of hydrogen-bond donors (Lipinski definition) is 0. The predicted molar refractivity (Wildman–Crippen MR) is 112 cm³/mol. The van der Waals surface area contributed by atoms with E-state index in [9.17, 15) is 0 Å². The molecule has 132 valence electrons. The third kappa shape index (κ3) is 3.13. The molecule has 2 heterocycles. The van der Waals surface area contributed by atoms with Crippen LogP contribution in [0, 0.1) is 20.8 Å². The first-order valence-corrected chi connectivity index (χ1v) is 8.70. The SMILES string of the molecule is Cc1cccc(Cn2c(C)c(C)c3ccnc(-c4ccccc4)c32)c1.Cl. The maximum absolute atomic E-state index is 4.73. The molecule has 0 atom stereocenters.